The van der Waals surface area contributed by atoms with E-state index in [-0.39, 0.29) is 6.04 Å². The number of hydrogen-bond donors (Lipinski definition) is 0. The van der Waals surface area contributed by atoms with Gasteiger partial charge in [0.15, 0.2) is 0 Å². The molecular formula is C17H18N4OS. The van der Waals surface area contributed by atoms with Crippen LogP contribution in [-0.2, 0) is 11.3 Å². The Balaban J connectivity index is 1.60. The third-order valence-electron chi connectivity index (χ3n) is 4.06. The molecule has 1 fully saturated rings. The second-order valence-corrected chi connectivity index (χ2v) is 6.65. The van der Waals surface area contributed by atoms with Gasteiger partial charge in [-0.05, 0) is 12.1 Å². The second kappa shape index (κ2) is 6.23. The monoisotopic (exact) mass is 326 g/mol. The van der Waals surface area contributed by atoms with Crippen LogP contribution in [0.15, 0.2) is 43.2 Å². The summed E-state index contributed by atoms with van der Waals surface area (Å²) < 4.78 is 8.68. The predicted molar refractivity (Wildman–Crippen MR) is 92.2 cm³/mol. The Kier molecular flexibility index (Phi) is 3.95. The molecule has 1 aliphatic heterocycles. The number of aromatic nitrogens is 3. The fourth-order valence-corrected chi connectivity index (χ4v) is 3.97. The molecule has 1 aromatic carbocycles. The van der Waals surface area contributed by atoms with Crippen molar-refractivity contribution >= 4 is 27.8 Å². The number of ether oxygens (including phenoxy) is 1. The number of para-hydroxylation sites is 1. The molecule has 118 valence electrons. The highest BCUT2D eigenvalue weighted by Crippen LogP contribution is 2.32. The molecule has 1 unspecified atom stereocenters. The van der Waals surface area contributed by atoms with Crippen LogP contribution in [0.4, 0.5) is 0 Å². The Morgan fingerprint density at radius 1 is 1.39 bits per heavy atom. The summed E-state index contributed by atoms with van der Waals surface area (Å²) in [6, 6.07) is 8.48. The van der Waals surface area contributed by atoms with E-state index in [2.05, 4.69) is 34.8 Å². The topological polar surface area (TPSA) is 43.2 Å². The van der Waals surface area contributed by atoms with Crippen LogP contribution in [0.1, 0.15) is 16.6 Å². The van der Waals surface area contributed by atoms with Crippen LogP contribution in [0, 0.1) is 0 Å². The van der Waals surface area contributed by atoms with Gasteiger partial charge in [0, 0.05) is 31.0 Å². The van der Waals surface area contributed by atoms with Gasteiger partial charge in [-0.3, -0.25) is 4.90 Å². The number of nitrogens with zero attached hydrogens (tertiary/aromatic N) is 4. The summed E-state index contributed by atoms with van der Waals surface area (Å²) in [7, 11) is 0. The molecule has 6 heteroatoms. The molecule has 0 aliphatic carbocycles. The van der Waals surface area contributed by atoms with Crippen molar-refractivity contribution in [2.75, 3.05) is 19.8 Å². The molecule has 23 heavy (non-hydrogen) atoms. The van der Waals surface area contributed by atoms with E-state index in [1.807, 2.05) is 18.5 Å². The van der Waals surface area contributed by atoms with Crippen molar-refractivity contribution in [1.82, 2.24) is 19.7 Å². The van der Waals surface area contributed by atoms with Crippen molar-refractivity contribution in [3.05, 3.63) is 53.8 Å². The summed E-state index contributed by atoms with van der Waals surface area (Å²) in [5, 5.41) is 5.39. The van der Waals surface area contributed by atoms with Gasteiger partial charge in [-0.25, -0.2) is 9.67 Å². The second-order valence-electron chi connectivity index (χ2n) is 5.59. The van der Waals surface area contributed by atoms with E-state index in [1.54, 1.807) is 22.2 Å². The molecule has 0 saturated carbocycles. The molecule has 3 aromatic rings. The Hall–Kier alpha value is -2.02. The van der Waals surface area contributed by atoms with Gasteiger partial charge >= 0.3 is 0 Å². The van der Waals surface area contributed by atoms with Gasteiger partial charge in [-0.2, -0.15) is 5.10 Å². The Morgan fingerprint density at radius 2 is 2.30 bits per heavy atom. The quantitative estimate of drug-likeness (QED) is 0.739. The number of rotatable bonds is 4. The third-order valence-corrected chi connectivity index (χ3v) is 5.20. The van der Waals surface area contributed by atoms with Gasteiger partial charge in [0.05, 0.1) is 35.7 Å². The number of morpholine rings is 1. The highest BCUT2D eigenvalue weighted by molar-refractivity contribution is 7.18. The van der Waals surface area contributed by atoms with Gasteiger partial charge in [-0.15, -0.1) is 11.3 Å². The molecule has 0 bridgehead atoms. The maximum absolute atomic E-state index is 5.71. The highest BCUT2D eigenvalue weighted by atomic mass is 32.1. The van der Waals surface area contributed by atoms with Crippen molar-refractivity contribution in [1.29, 1.82) is 0 Å². The summed E-state index contributed by atoms with van der Waals surface area (Å²) in [5.74, 6) is 0. The van der Waals surface area contributed by atoms with E-state index >= 15 is 0 Å². The van der Waals surface area contributed by atoms with Crippen LogP contribution in [0.25, 0.3) is 16.4 Å². The minimum absolute atomic E-state index is 0.202. The van der Waals surface area contributed by atoms with E-state index in [1.165, 1.54) is 10.3 Å². The van der Waals surface area contributed by atoms with Crippen molar-refractivity contribution in [3.8, 4) is 0 Å². The van der Waals surface area contributed by atoms with Crippen LogP contribution in [0.3, 0.4) is 0 Å². The predicted octanol–water partition coefficient (Wildman–Crippen LogP) is 3.17. The van der Waals surface area contributed by atoms with Crippen molar-refractivity contribution < 1.29 is 4.74 Å². The maximum Gasteiger partial charge on any atom is 0.113 e. The van der Waals surface area contributed by atoms with Crippen molar-refractivity contribution in [2.45, 2.75) is 12.6 Å². The summed E-state index contributed by atoms with van der Waals surface area (Å²) >= 11 is 1.76. The average molecular weight is 326 g/mol. The molecule has 0 amide bonds. The van der Waals surface area contributed by atoms with E-state index in [9.17, 15) is 0 Å². The zero-order valence-electron chi connectivity index (χ0n) is 12.8. The molecule has 2 aromatic heterocycles. The number of fused-ring (bicyclic) bond motifs is 1. The van der Waals surface area contributed by atoms with Crippen LogP contribution in [-0.4, -0.2) is 39.4 Å². The molecule has 3 heterocycles. The molecule has 5 nitrogen and oxygen atoms in total. The average Bonchev–Trinajstić information content (AvgIpc) is 3.21. The number of benzene rings is 1. The lowest BCUT2D eigenvalue weighted by Crippen LogP contribution is -2.38. The molecule has 1 atom stereocenters. The van der Waals surface area contributed by atoms with Gasteiger partial charge < -0.3 is 4.74 Å². The Morgan fingerprint density at radius 3 is 3.13 bits per heavy atom. The van der Waals surface area contributed by atoms with Crippen LogP contribution in [0.2, 0.25) is 0 Å². The first-order valence-electron chi connectivity index (χ1n) is 7.66. The minimum atomic E-state index is 0.202. The first-order chi connectivity index (χ1) is 11.3. The lowest BCUT2D eigenvalue weighted by Gasteiger charge is -2.33. The van der Waals surface area contributed by atoms with Gasteiger partial charge in [-0.1, -0.05) is 18.7 Å². The zero-order valence-corrected chi connectivity index (χ0v) is 13.6. The molecule has 0 N–H and O–H groups in total. The van der Waals surface area contributed by atoms with Gasteiger partial charge in [0.25, 0.3) is 0 Å². The molecular weight excluding hydrogens is 308 g/mol. The first-order valence-corrected chi connectivity index (χ1v) is 8.48. The Bertz CT molecular complexity index is 792. The van der Waals surface area contributed by atoms with Crippen LogP contribution in [0.5, 0.6) is 0 Å². The fourth-order valence-electron chi connectivity index (χ4n) is 2.88. The zero-order chi connectivity index (χ0) is 15.6. The minimum Gasteiger partial charge on any atom is -0.378 e. The third kappa shape index (κ3) is 2.93. The van der Waals surface area contributed by atoms with E-state index in [0.29, 0.717) is 6.61 Å². The first kappa shape index (κ1) is 14.6. The number of thiazole rings is 1. The fraction of sp³-hybridized carbons (Fsp3) is 0.294. The van der Waals surface area contributed by atoms with Crippen molar-refractivity contribution in [3.63, 3.8) is 0 Å². The van der Waals surface area contributed by atoms with Gasteiger partial charge in [0.1, 0.15) is 5.01 Å². The highest BCUT2D eigenvalue weighted by Gasteiger charge is 2.27. The molecule has 1 aliphatic rings. The summed E-state index contributed by atoms with van der Waals surface area (Å²) in [5.41, 5.74) is 2.25. The Labute approximate surface area is 138 Å². The molecule has 0 radical (unpaired) electrons. The standard InChI is InChI=1S/C17H18N4OS/c1-2-21-11-13(9-18-21)10-20-7-8-22-12-15(20)17-19-14-5-3-4-6-16(14)23-17/h2-6,9,11,15H,1,7-8,10,12H2. The molecule has 0 spiro atoms. The van der Waals surface area contributed by atoms with E-state index in [4.69, 9.17) is 9.72 Å². The summed E-state index contributed by atoms with van der Waals surface area (Å²) in [6.45, 7) is 6.93. The summed E-state index contributed by atoms with van der Waals surface area (Å²) in [4.78, 5) is 7.23. The normalized spacial score (nSPS) is 19.2. The van der Waals surface area contributed by atoms with Gasteiger partial charge in [0.2, 0.25) is 0 Å². The van der Waals surface area contributed by atoms with E-state index < -0.39 is 0 Å². The number of hydrogen-bond acceptors (Lipinski definition) is 5. The smallest absolute Gasteiger partial charge is 0.113 e. The summed E-state index contributed by atoms with van der Waals surface area (Å²) in [6.07, 6.45) is 5.61. The largest absolute Gasteiger partial charge is 0.378 e. The van der Waals surface area contributed by atoms with E-state index in [0.717, 1.165) is 30.2 Å². The van der Waals surface area contributed by atoms with Crippen LogP contribution >= 0.6 is 11.3 Å². The lowest BCUT2D eigenvalue weighted by molar-refractivity contribution is -0.0127. The van der Waals surface area contributed by atoms with Crippen molar-refractivity contribution in [2.24, 2.45) is 0 Å². The maximum atomic E-state index is 5.71. The SMILES string of the molecule is C=Cn1cc(CN2CCOCC2c2nc3ccccc3s2)cn1. The lowest BCUT2D eigenvalue weighted by atomic mass is 10.2. The molecule has 4 rings (SSSR count). The molecule has 1 saturated heterocycles. The van der Waals surface area contributed by atoms with Crippen LogP contribution < -0.4 is 0 Å².